The normalized spacial score (nSPS) is 38.2. The molecule has 0 bridgehead atoms. The summed E-state index contributed by atoms with van der Waals surface area (Å²) in [6, 6.07) is 0.00275. The third kappa shape index (κ3) is 2.20. The van der Waals surface area contributed by atoms with E-state index in [2.05, 4.69) is 20.8 Å². The molecule has 1 fully saturated rings. The van der Waals surface area contributed by atoms with Gasteiger partial charge in [0.1, 0.15) is 0 Å². The Bertz CT molecular complexity index is 150. The van der Waals surface area contributed by atoms with E-state index in [0.29, 0.717) is 11.3 Å². The molecule has 0 aromatic rings. The number of aliphatic hydroxyl groups is 1. The van der Waals surface area contributed by atoms with Crippen molar-refractivity contribution >= 4 is 0 Å². The number of aliphatic hydroxyl groups excluding tert-OH is 1. The Morgan fingerprint density at radius 2 is 1.83 bits per heavy atom. The van der Waals surface area contributed by atoms with Gasteiger partial charge in [-0.2, -0.15) is 0 Å². The summed E-state index contributed by atoms with van der Waals surface area (Å²) < 4.78 is 0. The van der Waals surface area contributed by atoms with Crippen molar-refractivity contribution in [3.8, 4) is 0 Å². The van der Waals surface area contributed by atoms with E-state index in [1.807, 2.05) is 0 Å². The molecule has 1 aliphatic rings. The van der Waals surface area contributed by atoms with Crippen LogP contribution < -0.4 is 5.73 Å². The van der Waals surface area contributed by atoms with E-state index >= 15 is 0 Å². The molecule has 2 heteroatoms. The number of hydrogen-bond donors (Lipinski definition) is 2. The molecule has 0 heterocycles. The first-order valence-corrected chi connectivity index (χ1v) is 4.85. The van der Waals surface area contributed by atoms with Gasteiger partial charge < -0.3 is 10.8 Å². The van der Waals surface area contributed by atoms with E-state index in [4.69, 9.17) is 5.73 Å². The molecule has 2 nitrogen and oxygen atoms in total. The van der Waals surface area contributed by atoms with Gasteiger partial charge in [0.15, 0.2) is 0 Å². The standard InChI is InChI=1S/C10H21NO/c1-10(2,3)7-4-5-9(12)8(11)6-7/h7-9,12H,4-6,11H2,1-3H3/t7-,8-,9-/m0/s1. The predicted octanol–water partition coefficient (Wildman–Crippen LogP) is 1.52. The molecule has 0 radical (unpaired) electrons. The second kappa shape index (κ2) is 3.35. The van der Waals surface area contributed by atoms with E-state index in [9.17, 15) is 5.11 Å². The predicted molar refractivity (Wildman–Crippen MR) is 50.8 cm³/mol. The fourth-order valence-electron chi connectivity index (χ4n) is 1.98. The highest BCUT2D eigenvalue weighted by Crippen LogP contribution is 2.37. The number of rotatable bonds is 0. The molecule has 72 valence electrons. The smallest absolute Gasteiger partial charge is 0.0691 e. The Balaban J connectivity index is 2.51. The zero-order valence-corrected chi connectivity index (χ0v) is 8.38. The minimum atomic E-state index is -0.261. The summed E-state index contributed by atoms with van der Waals surface area (Å²) in [5.74, 6) is 0.677. The zero-order chi connectivity index (χ0) is 9.35. The van der Waals surface area contributed by atoms with Crippen LogP contribution >= 0.6 is 0 Å². The Labute approximate surface area is 75.2 Å². The Kier molecular flexibility index (Phi) is 2.79. The summed E-state index contributed by atoms with van der Waals surface area (Å²) in [4.78, 5) is 0. The van der Waals surface area contributed by atoms with Crippen LogP contribution in [0.15, 0.2) is 0 Å². The Morgan fingerprint density at radius 3 is 2.25 bits per heavy atom. The lowest BCUT2D eigenvalue weighted by atomic mass is 9.70. The van der Waals surface area contributed by atoms with Crippen LogP contribution in [0.3, 0.4) is 0 Å². The summed E-state index contributed by atoms with van der Waals surface area (Å²) in [5, 5.41) is 9.44. The average Bonchev–Trinajstić information content (AvgIpc) is 1.92. The van der Waals surface area contributed by atoms with Gasteiger partial charge in [0.05, 0.1) is 6.10 Å². The third-order valence-corrected chi connectivity index (χ3v) is 3.09. The van der Waals surface area contributed by atoms with Crippen molar-refractivity contribution in [2.75, 3.05) is 0 Å². The molecular weight excluding hydrogens is 150 g/mol. The first kappa shape index (κ1) is 10.0. The molecule has 0 saturated heterocycles. The molecule has 3 atom stereocenters. The second-order valence-corrected chi connectivity index (χ2v) is 5.11. The highest BCUT2D eigenvalue weighted by Gasteiger charge is 2.33. The van der Waals surface area contributed by atoms with Gasteiger partial charge in [0, 0.05) is 6.04 Å². The van der Waals surface area contributed by atoms with Crippen LogP contribution in [0.1, 0.15) is 40.0 Å². The molecular formula is C10H21NO. The minimum absolute atomic E-state index is 0.00275. The molecule has 12 heavy (non-hydrogen) atoms. The molecule has 0 amide bonds. The van der Waals surface area contributed by atoms with Crippen molar-refractivity contribution in [1.82, 2.24) is 0 Å². The van der Waals surface area contributed by atoms with Gasteiger partial charge in [-0.1, -0.05) is 20.8 Å². The minimum Gasteiger partial charge on any atom is -0.392 e. The molecule has 1 saturated carbocycles. The van der Waals surface area contributed by atoms with Crippen molar-refractivity contribution in [2.24, 2.45) is 17.1 Å². The number of hydrogen-bond acceptors (Lipinski definition) is 2. The fourth-order valence-corrected chi connectivity index (χ4v) is 1.98. The van der Waals surface area contributed by atoms with Gasteiger partial charge in [-0.3, -0.25) is 0 Å². The lowest BCUT2D eigenvalue weighted by Gasteiger charge is -2.38. The maximum absolute atomic E-state index is 9.44. The van der Waals surface area contributed by atoms with Crippen LogP contribution in [0.25, 0.3) is 0 Å². The summed E-state index contributed by atoms with van der Waals surface area (Å²) in [6.45, 7) is 6.76. The second-order valence-electron chi connectivity index (χ2n) is 5.11. The maximum Gasteiger partial charge on any atom is 0.0691 e. The Hall–Kier alpha value is -0.0800. The lowest BCUT2D eigenvalue weighted by molar-refractivity contribution is 0.0538. The van der Waals surface area contributed by atoms with Crippen LogP contribution in [-0.4, -0.2) is 17.3 Å². The molecule has 0 unspecified atom stereocenters. The van der Waals surface area contributed by atoms with Gasteiger partial charge in [-0.05, 0) is 30.6 Å². The molecule has 1 rings (SSSR count). The SMILES string of the molecule is CC(C)(C)[C@H]1CC[C@H](O)[C@@H](N)C1. The van der Waals surface area contributed by atoms with E-state index in [0.717, 1.165) is 19.3 Å². The van der Waals surface area contributed by atoms with E-state index in [1.165, 1.54) is 0 Å². The highest BCUT2D eigenvalue weighted by atomic mass is 16.3. The molecule has 0 aromatic heterocycles. The molecule has 3 N–H and O–H groups in total. The van der Waals surface area contributed by atoms with Crippen LogP contribution in [0, 0.1) is 11.3 Å². The lowest BCUT2D eigenvalue weighted by Crippen LogP contribution is -2.43. The van der Waals surface area contributed by atoms with Gasteiger partial charge >= 0.3 is 0 Å². The molecule has 0 aliphatic heterocycles. The van der Waals surface area contributed by atoms with E-state index in [-0.39, 0.29) is 12.1 Å². The largest absolute Gasteiger partial charge is 0.392 e. The maximum atomic E-state index is 9.44. The van der Waals surface area contributed by atoms with E-state index in [1.54, 1.807) is 0 Å². The number of nitrogens with two attached hydrogens (primary N) is 1. The zero-order valence-electron chi connectivity index (χ0n) is 8.38. The third-order valence-electron chi connectivity index (χ3n) is 3.09. The monoisotopic (exact) mass is 171 g/mol. The van der Waals surface area contributed by atoms with Crippen LogP contribution in [-0.2, 0) is 0 Å². The van der Waals surface area contributed by atoms with Gasteiger partial charge in [0.2, 0.25) is 0 Å². The van der Waals surface area contributed by atoms with Crippen molar-refractivity contribution < 1.29 is 5.11 Å². The van der Waals surface area contributed by atoms with Crippen molar-refractivity contribution in [2.45, 2.75) is 52.2 Å². The van der Waals surface area contributed by atoms with Gasteiger partial charge in [-0.15, -0.1) is 0 Å². The quantitative estimate of drug-likeness (QED) is 0.580. The fraction of sp³-hybridized carbons (Fsp3) is 1.00. The first-order chi connectivity index (χ1) is 5.41. The summed E-state index contributed by atoms with van der Waals surface area (Å²) >= 11 is 0. The topological polar surface area (TPSA) is 46.2 Å². The summed E-state index contributed by atoms with van der Waals surface area (Å²) in [5.41, 5.74) is 6.16. The van der Waals surface area contributed by atoms with Crippen LogP contribution in [0.2, 0.25) is 0 Å². The van der Waals surface area contributed by atoms with Crippen molar-refractivity contribution in [3.63, 3.8) is 0 Å². The van der Waals surface area contributed by atoms with Crippen molar-refractivity contribution in [1.29, 1.82) is 0 Å². The highest BCUT2D eigenvalue weighted by molar-refractivity contribution is 4.87. The van der Waals surface area contributed by atoms with Gasteiger partial charge in [0.25, 0.3) is 0 Å². The van der Waals surface area contributed by atoms with Gasteiger partial charge in [-0.25, -0.2) is 0 Å². The van der Waals surface area contributed by atoms with Crippen molar-refractivity contribution in [3.05, 3.63) is 0 Å². The molecule has 0 aromatic carbocycles. The molecule has 0 spiro atoms. The summed E-state index contributed by atoms with van der Waals surface area (Å²) in [7, 11) is 0. The average molecular weight is 171 g/mol. The first-order valence-electron chi connectivity index (χ1n) is 4.85. The Morgan fingerprint density at radius 1 is 1.25 bits per heavy atom. The van der Waals surface area contributed by atoms with Crippen LogP contribution in [0.4, 0.5) is 0 Å². The molecule has 1 aliphatic carbocycles. The summed E-state index contributed by atoms with van der Waals surface area (Å²) in [6.07, 6.45) is 2.72. The van der Waals surface area contributed by atoms with Crippen LogP contribution in [0.5, 0.6) is 0 Å². The van der Waals surface area contributed by atoms with E-state index < -0.39 is 0 Å².